The van der Waals surface area contributed by atoms with E-state index in [9.17, 15) is 10.1 Å². The number of nitrogens with one attached hydrogen (secondary N) is 1. The highest BCUT2D eigenvalue weighted by Crippen LogP contribution is 2.25. The molecule has 0 aromatic heterocycles. The van der Waals surface area contributed by atoms with E-state index in [0.717, 1.165) is 31.7 Å². The maximum absolute atomic E-state index is 10.8. The summed E-state index contributed by atoms with van der Waals surface area (Å²) in [7, 11) is 1.59. The molecule has 0 spiro atoms. The van der Waals surface area contributed by atoms with Gasteiger partial charge >= 0.3 is 0 Å². The van der Waals surface area contributed by atoms with Gasteiger partial charge < -0.3 is 10.1 Å². The Bertz CT molecular complexity index is 431. The van der Waals surface area contributed by atoms with Crippen LogP contribution in [0.5, 0.6) is 5.75 Å². The second-order valence-electron chi connectivity index (χ2n) is 4.28. The van der Waals surface area contributed by atoms with Gasteiger partial charge in [-0.1, -0.05) is 0 Å². The van der Waals surface area contributed by atoms with Crippen molar-refractivity contribution in [2.45, 2.75) is 6.54 Å². The molecular formula is C12H17N3O3. The van der Waals surface area contributed by atoms with Crippen molar-refractivity contribution in [2.75, 3.05) is 33.3 Å². The van der Waals surface area contributed by atoms with Gasteiger partial charge in [0.25, 0.3) is 5.69 Å². The number of nitrogens with zero attached hydrogens (tertiary/aromatic N) is 2. The fourth-order valence-corrected chi connectivity index (χ4v) is 2.11. The number of non-ortho nitro benzene ring substituents is 1. The van der Waals surface area contributed by atoms with Gasteiger partial charge in [0.1, 0.15) is 5.75 Å². The number of nitro benzene ring substituents is 1. The summed E-state index contributed by atoms with van der Waals surface area (Å²) in [5, 5.41) is 14.1. The van der Waals surface area contributed by atoms with Gasteiger partial charge in [-0.25, -0.2) is 0 Å². The van der Waals surface area contributed by atoms with Crippen molar-refractivity contribution in [3.05, 3.63) is 33.9 Å². The molecule has 2 rings (SSSR count). The Hall–Kier alpha value is -1.66. The molecule has 1 fully saturated rings. The molecule has 0 saturated carbocycles. The summed E-state index contributed by atoms with van der Waals surface area (Å²) < 4.78 is 5.26. The quantitative estimate of drug-likeness (QED) is 0.639. The Morgan fingerprint density at radius 3 is 2.78 bits per heavy atom. The lowest BCUT2D eigenvalue weighted by atomic mass is 10.1. The molecule has 6 nitrogen and oxygen atoms in total. The third kappa shape index (κ3) is 2.96. The molecule has 6 heteroatoms. The molecule has 1 heterocycles. The first-order valence-electron chi connectivity index (χ1n) is 5.95. The molecule has 0 amide bonds. The molecule has 0 atom stereocenters. The van der Waals surface area contributed by atoms with E-state index in [1.54, 1.807) is 19.2 Å². The van der Waals surface area contributed by atoms with Crippen LogP contribution in [0.25, 0.3) is 0 Å². The lowest BCUT2D eigenvalue weighted by molar-refractivity contribution is -0.384. The number of hydrogen-bond donors (Lipinski definition) is 1. The highest BCUT2D eigenvalue weighted by Gasteiger charge is 2.15. The van der Waals surface area contributed by atoms with Crippen LogP contribution in [0.1, 0.15) is 5.56 Å². The van der Waals surface area contributed by atoms with E-state index in [1.807, 2.05) is 0 Å². The first-order chi connectivity index (χ1) is 8.70. The molecule has 1 aromatic carbocycles. The highest BCUT2D eigenvalue weighted by atomic mass is 16.6. The predicted octanol–water partition coefficient (Wildman–Crippen LogP) is 1.01. The lowest BCUT2D eigenvalue weighted by Crippen LogP contribution is -2.42. The Balaban J connectivity index is 2.17. The second-order valence-corrected chi connectivity index (χ2v) is 4.28. The van der Waals surface area contributed by atoms with Crippen LogP contribution in [0.2, 0.25) is 0 Å². The smallest absolute Gasteiger partial charge is 0.270 e. The van der Waals surface area contributed by atoms with Crippen LogP contribution in [0.3, 0.4) is 0 Å². The normalized spacial score (nSPS) is 16.5. The number of rotatable bonds is 4. The van der Waals surface area contributed by atoms with Crippen LogP contribution in [-0.4, -0.2) is 43.1 Å². The molecular weight excluding hydrogens is 234 g/mol. The SMILES string of the molecule is COc1ccc([N+](=O)[O-])cc1CN1CCNCC1. The zero-order valence-electron chi connectivity index (χ0n) is 10.4. The van der Waals surface area contributed by atoms with Crippen LogP contribution >= 0.6 is 0 Å². The Kier molecular flexibility index (Phi) is 4.11. The average molecular weight is 251 g/mol. The molecule has 1 aromatic rings. The summed E-state index contributed by atoms with van der Waals surface area (Å²) >= 11 is 0. The van der Waals surface area contributed by atoms with E-state index < -0.39 is 0 Å². The zero-order chi connectivity index (χ0) is 13.0. The van der Waals surface area contributed by atoms with Gasteiger partial charge in [0.2, 0.25) is 0 Å². The third-order valence-corrected chi connectivity index (χ3v) is 3.08. The fourth-order valence-electron chi connectivity index (χ4n) is 2.11. The van der Waals surface area contributed by atoms with Gasteiger partial charge in [0.15, 0.2) is 0 Å². The van der Waals surface area contributed by atoms with Crippen molar-refractivity contribution < 1.29 is 9.66 Å². The molecule has 18 heavy (non-hydrogen) atoms. The monoisotopic (exact) mass is 251 g/mol. The molecule has 0 radical (unpaired) electrons. The van der Waals surface area contributed by atoms with Gasteiger partial charge in [-0.2, -0.15) is 0 Å². The number of ether oxygens (including phenoxy) is 1. The van der Waals surface area contributed by atoms with Crippen molar-refractivity contribution in [3.63, 3.8) is 0 Å². The lowest BCUT2D eigenvalue weighted by Gasteiger charge is -2.27. The van der Waals surface area contributed by atoms with Crippen LogP contribution in [0.15, 0.2) is 18.2 Å². The number of benzene rings is 1. The summed E-state index contributed by atoms with van der Waals surface area (Å²) in [6, 6.07) is 4.73. The van der Waals surface area contributed by atoms with Crippen molar-refractivity contribution >= 4 is 5.69 Å². The van der Waals surface area contributed by atoms with Crippen molar-refractivity contribution in [1.82, 2.24) is 10.2 Å². The summed E-state index contributed by atoms with van der Waals surface area (Å²) in [5.74, 6) is 0.708. The van der Waals surface area contributed by atoms with Crippen LogP contribution in [-0.2, 0) is 6.54 Å². The summed E-state index contributed by atoms with van der Waals surface area (Å²) in [6.45, 7) is 4.50. The molecule has 1 aliphatic heterocycles. The molecule has 1 aliphatic rings. The summed E-state index contributed by atoms with van der Waals surface area (Å²) in [4.78, 5) is 12.7. The van der Waals surface area contributed by atoms with Gasteiger partial charge in [-0.05, 0) is 6.07 Å². The summed E-state index contributed by atoms with van der Waals surface area (Å²) in [5.41, 5.74) is 0.981. The number of hydrogen-bond acceptors (Lipinski definition) is 5. The first-order valence-corrected chi connectivity index (χ1v) is 5.95. The maximum Gasteiger partial charge on any atom is 0.270 e. The van der Waals surface area contributed by atoms with E-state index in [1.165, 1.54) is 6.07 Å². The highest BCUT2D eigenvalue weighted by molar-refractivity contribution is 5.43. The third-order valence-electron chi connectivity index (χ3n) is 3.08. The second kappa shape index (κ2) is 5.79. The molecule has 0 unspecified atom stereocenters. The zero-order valence-corrected chi connectivity index (χ0v) is 10.4. The maximum atomic E-state index is 10.8. The van der Waals surface area contributed by atoms with E-state index >= 15 is 0 Å². The molecule has 98 valence electrons. The Labute approximate surface area is 106 Å². The largest absolute Gasteiger partial charge is 0.496 e. The minimum atomic E-state index is -0.374. The first kappa shape index (κ1) is 12.8. The number of nitro groups is 1. The van der Waals surface area contributed by atoms with Crippen molar-refractivity contribution in [2.24, 2.45) is 0 Å². The van der Waals surface area contributed by atoms with Crippen LogP contribution < -0.4 is 10.1 Å². The van der Waals surface area contributed by atoms with Crippen LogP contribution in [0, 0.1) is 10.1 Å². The van der Waals surface area contributed by atoms with Crippen molar-refractivity contribution in [1.29, 1.82) is 0 Å². The molecule has 0 bridgehead atoms. The van der Waals surface area contributed by atoms with Crippen molar-refractivity contribution in [3.8, 4) is 5.75 Å². The van der Waals surface area contributed by atoms with Gasteiger partial charge in [-0.3, -0.25) is 15.0 Å². The average Bonchev–Trinajstić information content (AvgIpc) is 2.39. The Morgan fingerprint density at radius 1 is 1.44 bits per heavy atom. The van der Waals surface area contributed by atoms with E-state index in [2.05, 4.69) is 10.2 Å². The topological polar surface area (TPSA) is 67.6 Å². The molecule has 1 saturated heterocycles. The van der Waals surface area contributed by atoms with E-state index in [-0.39, 0.29) is 10.6 Å². The predicted molar refractivity (Wildman–Crippen MR) is 67.8 cm³/mol. The molecule has 0 aliphatic carbocycles. The number of piperazine rings is 1. The minimum Gasteiger partial charge on any atom is -0.496 e. The minimum absolute atomic E-state index is 0.112. The summed E-state index contributed by atoms with van der Waals surface area (Å²) in [6.07, 6.45) is 0. The van der Waals surface area contributed by atoms with Gasteiger partial charge in [-0.15, -0.1) is 0 Å². The van der Waals surface area contributed by atoms with Gasteiger partial charge in [0.05, 0.1) is 12.0 Å². The molecule has 1 N–H and O–H groups in total. The Morgan fingerprint density at radius 2 is 2.17 bits per heavy atom. The fraction of sp³-hybridized carbons (Fsp3) is 0.500. The standard InChI is InChI=1S/C12H17N3O3/c1-18-12-3-2-11(15(16)17)8-10(12)9-14-6-4-13-5-7-14/h2-3,8,13H,4-7,9H2,1H3. The van der Waals surface area contributed by atoms with Gasteiger partial charge in [0, 0.05) is 50.4 Å². The van der Waals surface area contributed by atoms with E-state index in [4.69, 9.17) is 4.74 Å². The number of methoxy groups -OCH3 is 1. The van der Waals surface area contributed by atoms with Crippen LogP contribution in [0.4, 0.5) is 5.69 Å². The van der Waals surface area contributed by atoms with E-state index in [0.29, 0.717) is 12.3 Å².